The number of thioether (sulfide) groups is 1. The van der Waals surface area contributed by atoms with Gasteiger partial charge in [-0.25, -0.2) is 4.98 Å². The molecule has 1 aromatic heterocycles. The summed E-state index contributed by atoms with van der Waals surface area (Å²) in [7, 11) is 0. The lowest BCUT2D eigenvalue weighted by molar-refractivity contribution is -0.113. The summed E-state index contributed by atoms with van der Waals surface area (Å²) in [6, 6.07) is 20.8. The van der Waals surface area contributed by atoms with E-state index in [0.717, 1.165) is 37.1 Å². The Kier molecular flexibility index (Phi) is 6.34. The maximum Gasteiger partial charge on any atom is 0.255 e. The minimum atomic E-state index is -0.144. The highest BCUT2D eigenvalue weighted by molar-refractivity contribution is 8.01. The molecule has 7 heteroatoms. The third-order valence-electron chi connectivity index (χ3n) is 4.57. The average molecular weight is 448 g/mol. The Bertz CT molecular complexity index is 1250. The Morgan fingerprint density at radius 2 is 1.68 bits per heavy atom. The van der Waals surface area contributed by atoms with Gasteiger partial charge >= 0.3 is 0 Å². The van der Waals surface area contributed by atoms with Crippen LogP contribution in [-0.2, 0) is 4.79 Å². The number of aromatic nitrogens is 1. The zero-order valence-electron chi connectivity index (χ0n) is 17.1. The highest BCUT2D eigenvalue weighted by Gasteiger charge is 2.11. The van der Waals surface area contributed by atoms with Crippen LogP contribution in [0, 0.1) is 13.8 Å². The molecular formula is C24H21N3O2S2. The van der Waals surface area contributed by atoms with Crippen LogP contribution in [0.15, 0.2) is 71.1 Å². The number of hydrogen-bond acceptors (Lipinski definition) is 5. The van der Waals surface area contributed by atoms with Crippen molar-refractivity contribution in [2.75, 3.05) is 16.4 Å². The molecule has 0 aliphatic carbocycles. The lowest BCUT2D eigenvalue weighted by Crippen LogP contribution is -2.13. The van der Waals surface area contributed by atoms with Gasteiger partial charge in [-0.05, 0) is 56.3 Å². The molecule has 1 heterocycles. The van der Waals surface area contributed by atoms with E-state index in [2.05, 4.69) is 15.6 Å². The lowest BCUT2D eigenvalue weighted by Gasteiger charge is -2.05. The second-order valence-corrected chi connectivity index (χ2v) is 9.44. The van der Waals surface area contributed by atoms with Crippen LogP contribution in [0.3, 0.4) is 0 Å². The summed E-state index contributed by atoms with van der Waals surface area (Å²) >= 11 is 2.91. The van der Waals surface area contributed by atoms with E-state index in [4.69, 9.17) is 0 Å². The minimum absolute atomic E-state index is 0.0702. The number of rotatable bonds is 6. The van der Waals surface area contributed by atoms with Gasteiger partial charge in [-0.2, -0.15) is 0 Å². The molecule has 2 amide bonds. The van der Waals surface area contributed by atoms with Crippen molar-refractivity contribution in [2.24, 2.45) is 0 Å². The fourth-order valence-corrected chi connectivity index (χ4v) is 4.90. The van der Waals surface area contributed by atoms with E-state index in [1.165, 1.54) is 23.1 Å². The first-order valence-corrected chi connectivity index (χ1v) is 11.5. The number of aryl methyl sites for hydroxylation is 2. The quantitative estimate of drug-likeness (QED) is 0.361. The fraction of sp³-hybridized carbons (Fsp3) is 0.125. The molecule has 2 N–H and O–H groups in total. The maximum atomic E-state index is 12.5. The van der Waals surface area contributed by atoms with Crippen LogP contribution in [0.2, 0.25) is 0 Å². The molecule has 5 nitrogen and oxygen atoms in total. The summed E-state index contributed by atoms with van der Waals surface area (Å²) in [6.45, 7) is 3.97. The van der Waals surface area contributed by atoms with Gasteiger partial charge in [-0.1, -0.05) is 47.2 Å². The number of fused-ring (bicyclic) bond motifs is 1. The number of anilines is 2. The molecule has 0 saturated carbocycles. The largest absolute Gasteiger partial charge is 0.325 e. The first kappa shape index (κ1) is 21.1. The first-order chi connectivity index (χ1) is 15.0. The second kappa shape index (κ2) is 9.32. The average Bonchev–Trinajstić information content (AvgIpc) is 3.16. The third kappa shape index (κ3) is 5.51. The predicted molar refractivity (Wildman–Crippen MR) is 129 cm³/mol. The van der Waals surface area contributed by atoms with Gasteiger partial charge in [0.1, 0.15) is 0 Å². The molecule has 0 fully saturated rings. The maximum absolute atomic E-state index is 12.5. The summed E-state index contributed by atoms with van der Waals surface area (Å²) in [5, 5.41) is 5.83. The highest BCUT2D eigenvalue weighted by Crippen LogP contribution is 2.31. The van der Waals surface area contributed by atoms with Crippen molar-refractivity contribution in [3.63, 3.8) is 0 Å². The van der Waals surface area contributed by atoms with E-state index in [9.17, 15) is 9.59 Å². The summed E-state index contributed by atoms with van der Waals surface area (Å²) in [4.78, 5) is 29.3. The van der Waals surface area contributed by atoms with Crippen molar-refractivity contribution in [2.45, 2.75) is 18.2 Å². The van der Waals surface area contributed by atoms with Gasteiger partial charge in [0.2, 0.25) is 5.91 Å². The van der Waals surface area contributed by atoms with Crippen LogP contribution < -0.4 is 10.6 Å². The lowest BCUT2D eigenvalue weighted by atomic mass is 10.1. The van der Waals surface area contributed by atoms with Crippen LogP contribution >= 0.6 is 23.1 Å². The Morgan fingerprint density at radius 1 is 0.903 bits per heavy atom. The van der Waals surface area contributed by atoms with Crippen molar-refractivity contribution < 1.29 is 9.59 Å². The first-order valence-electron chi connectivity index (χ1n) is 9.74. The molecule has 0 spiro atoms. The SMILES string of the molecule is Cc1ccc(NC(=O)CSc2nc3ccc(NC(=O)c4cccc(C)c4)cc3s2)cc1. The summed E-state index contributed by atoms with van der Waals surface area (Å²) in [5.41, 5.74) is 5.17. The van der Waals surface area contributed by atoms with Crippen molar-refractivity contribution in [1.82, 2.24) is 4.98 Å². The van der Waals surface area contributed by atoms with Crippen LogP contribution in [0.1, 0.15) is 21.5 Å². The molecule has 4 aromatic rings. The van der Waals surface area contributed by atoms with E-state index in [0.29, 0.717) is 5.56 Å². The zero-order valence-corrected chi connectivity index (χ0v) is 18.8. The zero-order chi connectivity index (χ0) is 21.8. The van der Waals surface area contributed by atoms with Gasteiger partial charge in [0.15, 0.2) is 4.34 Å². The van der Waals surface area contributed by atoms with E-state index < -0.39 is 0 Å². The molecule has 156 valence electrons. The molecule has 0 saturated heterocycles. The minimum Gasteiger partial charge on any atom is -0.325 e. The van der Waals surface area contributed by atoms with E-state index in [-0.39, 0.29) is 17.6 Å². The van der Waals surface area contributed by atoms with Gasteiger partial charge in [0.05, 0.1) is 16.0 Å². The monoisotopic (exact) mass is 447 g/mol. The summed E-state index contributed by atoms with van der Waals surface area (Å²) < 4.78 is 1.78. The van der Waals surface area contributed by atoms with Crippen molar-refractivity contribution in [1.29, 1.82) is 0 Å². The normalized spacial score (nSPS) is 10.8. The molecule has 0 aliphatic heterocycles. The van der Waals surface area contributed by atoms with Gasteiger partial charge in [-0.3, -0.25) is 9.59 Å². The Hall–Kier alpha value is -3.16. The topological polar surface area (TPSA) is 71.1 Å². The number of nitrogens with one attached hydrogen (secondary N) is 2. The number of hydrogen-bond donors (Lipinski definition) is 2. The number of nitrogens with zero attached hydrogens (tertiary/aromatic N) is 1. The Balaban J connectivity index is 1.38. The van der Waals surface area contributed by atoms with E-state index in [1.54, 1.807) is 6.07 Å². The molecule has 0 bridgehead atoms. The molecule has 4 rings (SSSR count). The van der Waals surface area contributed by atoms with Gasteiger partial charge in [-0.15, -0.1) is 11.3 Å². The molecule has 0 radical (unpaired) electrons. The molecular weight excluding hydrogens is 426 g/mol. The highest BCUT2D eigenvalue weighted by atomic mass is 32.2. The van der Waals surface area contributed by atoms with Crippen molar-refractivity contribution >= 4 is 56.5 Å². The predicted octanol–water partition coefficient (Wildman–Crippen LogP) is 5.90. The van der Waals surface area contributed by atoms with Crippen LogP contribution in [-0.4, -0.2) is 22.6 Å². The smallest absolute Gasteiger partial charge is 0.255 e. The number of amides is 2. The number of carbonyl (C=O) groups excluding carboxylic acids is 2. The summed E-state index contributed by atoms with van der Waals surface area (Å²) in [5.74, 6) is 0.0686. The number of carbonyl (C=O) groups is 2. The van der Waals surface area contributed by atoms with Crippen LogP contribution in [0.4, 0.5) is 11.4 Å². The number of thiazole rings is 1. The van der Waals surface area contributed by atoms with Crippen molar-refractivity contribution in [3.05, 3.63) is 83.4 Å². The van der Waals surface area contributed by atoms with Crippen LogP contribution in [0.25, 0.3) is 10.2 Å². The standard InChI is InChI=1S/C24H21N3O2S2/c1-15-6-8-18(9-7-15)25-22(28)14-30-24-27-20-11-10-19(13-21(20)31-24)26-23(29)17-5-3-4-16(2)12-17/h3-13H,14H2,1-2H3,(H,25,28)(H,26,29). The second-order valence-electron chi connectivity index (χ2n) is 7.19. The van der Waals surface area contributed by atoms with Crippen molar-refractivity contribution in [3.8, 4) is 0 Å². The molecule has 0 unspecified atom stereocenters. The number of benzene rings is 3. The Morgan fingerprint density at radius 3 is 2.45 bits per heavy atom. The van der Waals surface area contributed by atoms with E-state index in [1.807, 2.05) is 74.5 Å². The van der Waals surface area contributed by atoms with E-state index >= 15 is 0 Å². The molecule has 0 aliphatic rings. The molecule has 31 heavy (non-hydrogen) atoms. The van der Waals surface area contributed by atoms with Gasteiger partial charge < -0.3 is 10.6 Å². The van der Waals surface area contributed by atoms with Gasteiger partial charge in [0.25, 0.3) is 5.91 Å². The van der Waals surface area contributed by atoms with Crippen LogP contribution in [0.5, 0.6) is 0 Å². The Labute approximate surface area is 188 Å². The van der Waals surface area contributed by atoms with Gasteiger partial charge in [0, 0.05) is 16.9 Å². The molecule has 0 atom stereocenters. The third-order valence-corrected chi connectivity index (χ3v) is 6.73. The fourth-order valence-electron chi connectivity index (χ4n) is 2.99. The summed E-state index contributed by atoms with van der Waals surface area (Å²) in [6.07, 6.45) is 0. The molecule has 3 aromatic carbocycles.